The summed E-state index contributed by atoms with van der Waals surface area (Å²) in [5.74, 6) is -0.808. The first-order valence-corrected chi connectivity index (χ1v) is 12.4. The zero-order valence-electron chi connectivity index (χ0n) is 19.4. The molecule has 1 atom stereocenters. The SMILES string of the molecule is Cc1cccc(COC(=O)[C@H](Nc2ccc(S(=O)(=O)N3CCOCC3)cc2[N+](=O)[O-])C(C)C)c1. The van der Waals surface area contributed by atoms with E-state index in [1.807, 2.05) is 31.2 Å². The van der Waals surface area contributed by atoms with Gasteiger partial charge in [-0.2, -0.15) is 4.31 Å². The number of hydrogen-bond donors (Lipinski definition) is 1. The van der Waals surface area contributed by atoms with E-state index < -0.39 is 32.6 Å². The molecule has 0 spiro atoms. The number of rotatable bonds is 9. The number of benzene rings is 2. The summed E-state index contributed by atoms with van der Waals surface area (Å²) in [4.78, 5) is 23.7. The van der Waals surface area contributed by atoms with Gasteiger partial charge in [-0.25, -0.2) is 13.2 Å². The van der Waals surface area contributed by atoms with Crippen LogP contribution in [0.2, 0.25) is 0 Å². The van der Waals surface area contributed by atoms with Crippen LogP contribution < -0.4 is 5.32 Å². The second-order valence-electron chi connectivity index (χ2n) is 8.42. The molecule has 0 aromatic heterocycles. The van der Waals surface area contributed by atoms with Crippen LogP contribution in [-0.4, -0.2) is 56.0 Å². The van der Waals surface area contributed by atoms with Crippen molar-refractivity contribution in [2.45, 2.75) is 38.3 Å². The van der Waals surface area contributed by atoms with Gasteiger partial charge < -0.3 is 14.8 Å². The van der Waals surface area contributed by atoms with Gasteiger partial charge in [0.25, 0.3) is 5.69 Å². The summed E-state index contributed by atoms with van der Waals surface area (Å²) >= 11 is 0. The summed E-state index contributed by atoms with van der Waals surface area (Å²) in [5, 5.41) is 14.7. The van der Waals surface area contributed by atoms with Gasteiger partial charge in [0.1, 0.15) is 18.3 Å². The van der Waals surface area contributed by atoms with E-state index in [0.717, 1.165) is 17.2 Å². The summed E-state index contributed by atoms with van der Waals surface area (Å²) in [5.41, 5.74) is 1.47. The summed E-state index contributed by atoms with van der Waals surface area (Å²) in [6, 6.07) is 10.3. The Bertz CT molecular complexity index is 1150. The number of hydrogen-bond acceptors (Lipinski definition) is 8. The molecule has 3 rings (SSSR count). The fourth-order valence-corrected chi connectivity index (χ4v) is 5.02. The predicted molar refractivity (Wildman–Crippen MR) is 126 cm³/mol. The monoisotopic (exact) mass is 491 g/mol. The highest BCUT2D eigenvalue weighted by molar-refractivity contribution is 7.89. The van der Waals surface area contributed by atoms with E-state index in [9.17, 15) is 23.3 Å². The molecule has 1 aliphatic heterocycles. The molecule has 10 nitrogen and oxygen atoms in total. The third kappa shape index (κ3) is 6.10. The number of anilines is 1. The Labute approximate surface area is 199 Å². The summed E-state index contributed by atoms with van der Waals surface area (Å²) in [6.07, 6.45) is 0. The average Bonchev–Trinajstić information content (AvgIpc) is 2.81. The topological polar surface area (TPSA) is 128 Å². The van der Waals surface area contributed by atoms with E-state index in [2.05, 4.69) is 5.32 Å². The zero-order valence-corrected chi connectivity index (χ0v) is 20.2. The van der Waals surface area contributed by atoms with Crippen molar-refractivity contribution in [2.75, 3.05) is 31.6 Å². The third-order valence-electron chi connectivity index (χ3n) is 5.47. The Morgan fingerprint density at radius 1 is 1.21 bits per heavy atom. The fraction of sp³-hybridized carbons (Fsp3) is 0.435. The van der Waals surface area contributed by atoms with Gasteiger partial charge >= 0.3 is 5.97 Å². The standard InChI is InChI=1S/C23H29N3O7S/c1-16(2)22(23(27)33-15-18-6-4-5-17(3)13-18)24-20-8-7-19(14-21(20)26(28)29)34(30,31)25-9-11-32-12-10-25/h4-8,13-14,16,22,24H,9-12,15H2,1-3H3/t22-/m1/s1. The largest absolute Gasteiger partial charge is 0.459 e. The maximum atomic E-state index is 12.9. The Hall–Kier alpha value is -3.02. The molecule has 0 saturated carbocycles. The highest BCUT2D eigenvalue weighted by atomic mass is 32.2. The van der Waals surface area contributed by atoms with Crippen LogP contribution in [0.4, 0.5) is 11.4 Å². The molecule has 1 aliphatic rings. The molecule has 0 unspecified atom stereocenters. The molecular weight excluding hydrogens is 462 g/mol. The van der Waals surface area contributed by atoms with Crippen LogP contribution in [0, 0.1) is 23.0 Å². The maximum absolute atomic E-state index is 12.9. The van der Waals surface area contributed by atoms with Crippen molar-refractivity contribution < 1.29 is 27.6 Å². The van der Waals surface area contributed by atoms with Crippen LogP contribution in [0.3, 0.4) is 0 Å². The number of carbonyl (C=O) groups is 1. The number of nitrogens with one attached hydrogen (secondary N) is 1. The fourth-order valence-electron chi connectivity index (χ4n) is 3.59. The van der Waals surface area contributed by atoms with E-state index in [1.54, 1.807) is 13.8 Å². The molecule has 34 heavy (non-hydrogen) atoms. The Balaban J connectivity index is 1.81. The summed E-state index contributed by atoms with van der Waals surface area (Å²) in [6.45, 7) is 6.47. The second kappa shape index (κ2) is 10.9. The van der Waals surface area contributed by atoms with Crippen LogP contribution in [0.1, 0.15) is 25.0 Å². The van der Waals surface area contributed by atoms with Crippen LogP contribution in [-0.2, 0) is 30.9 Å². The molecular formula is C23H29N3O7S. The second-order valence-corrected chi connectivity index (χ2v) is 10.4. The zero-order chi connectivity index (χ0) is 24.9. The highest BCUT2D eigenvalue weighted by Gasteiger charge is 2.31. The number of nitrogens with zero attached hydrogens (tertiary/aromatic N) is 2. The lowest BCUT2D eigenvalue weighted by Gasteiger charge is -2.26. The summed E-state index contributed by atoms with van der Waals surface area (Å²) in [7, 11) is -3.91. The molecule has 0 bridgehead atoms. The van der Waals surface area contributed by atoms with E-state index in [4.69, 9.17) is 9.47 Å². The Morgan fingerprint density at radius 3 is 2.53 bits per heavy atom. The first-order chi connectivity index (χ1) is 16.1. The molecule has 0 aliphatic carbocycles. The number of sulfonamides is 1. The molecule has 1 fully saturated rings. The van der Waals surface area contributed by atoms with Gasteiger partial charge in [-0.15, -0.1) is 0 Å². The maximum Gasteiger partial charge on any atom is 0.329 e. The highest BCUT2D eigenvalue weighted by Crippen LogP contribution is 2.30. The van der Waals surface area contributed by atoms with Crippen LogP contribution in [0.5, 0.6) is 0 Å². The van der Waals surface area contributed by atoms with Gasteiger partial charge in [0.2, 0.25) is 10.0 Å². The van der Waals surface area contributed by atoms with Crippen LogP contribution >= 0.6 is 0 Å². The third-order valence-corrected chi connectivity index (χ3v) is 7.36. The minimum Gasteiger partial charge on any atom is -0.459 e. The van der Waals surface area contributed by atoms with E-state index in [1.165, 1.54) is 16.4 Å². The quantitative estimate of drug-likeness (QED) is 0.322. The molecule has 0 amide bonds. The molecule has 1 N–H and O–H groups in total. The normalized spacial score (nSPS) is 15.6. The number of carbonyl (C=O) groups excluding carboxylic acids is 1. The lowest BCUT2D eigenvalue weighted by atomic mass is 10.0. The minimum atomic E-state index is -3.91. The first kappa shape index (κ1) is 25.6. The van der Waals surface area contributed by atoms with Crippen molar-refractivity contribution in [2.24, 2.45) is 5.92 Å². The molecule has 2 aromatic rings. The van der Waals surface area contributed by atoms with E-state index in [0.29, 0.717) is 0 Å². The molecule has 0 radical (unpaired) electrons. The lowest BCUT2D eigenvalue weighted by molar-refractivity contribution is -0.384. The van der Waals surface area contributed by atoms with E-state index in [-0.39, 0.29) is 49.4 Å². The number of morpholine rings is 1. The van der Waals surface area contributed by atoms with Crippen molar-refractivity contribution in [3.05, 3.63) is 63.7 Å². The van der Waals surface area contributed by atoms with E-state index >= 15 is 0 Å². The van der Waals surface area contributed by atoms with Crippen molar-refractivity contribution in [3.8, 4) is 0 Å². The van der Waals surface area contributed by atoms with Crippen molar-refractivity contribution >= 4 is 27.4 Å². The smallest absolute Gasteiger partial charge is 0.329 e. The molecule has 11 heteroatoms. The number of nitro groups is 1. The molecule has 2 aromatic carbocycles. The van der Waals surface area contributed by atoms with Gasteiger partial charge in [0.05, 0.1) is 23.0 Å². The van der Waals surface area contributed by atoms with Crippen LogP contribution in [0.15, 0.2) is 47.4 Å². The summed E-state index contributed by atoms with van der Waals surface area (Å²) < 4.78 is 37.7. The number of ether oxygens (including phenoxy) is 2. The minimum absolute atomic E-state index is 0.0390. The van der Waals surface area contributed by atoms with Crippen molar-refractivity contribution in [1.29, 1.82) is 0 Å². The van der Waals surface area contributed by atoms with Crippen molar-refractivity contribution in [1.82, 2.24) is 4.31 Å². The van der Waals surface area contributed by atoms with Gasteiger partial charge in [-0.05, 0) is 30.5 Å². The molecule has 1 saturated heterocycles. The average molecular weight is 492 g/mol. The van der Waals surface area contributed by atoms with Crippen molar-refractivity contribution in [3.63, 3.8) is 0 Å². The van der Waals surface area contributed by atoms with Gasteiger partial charge in [0.15, 0.2) is 0 Å². The molecule has 184 valence electrons. The predicted octanol–water partition coefficient (Wildman–Crippen LogP) is 3.10. The first-order valence-electron chi connectivity index (χ1n) is 10.9. The Kier molecular flexibility index (Phi) is 8.24. The number of esters is 1. The van der Waals surface area contributed by atoms with Gasteiger partial charge in [-0.1, -0.05) is 43.7 Å². The number of aryl methyl sites for hydroxylation is 1. The Morgan fingerprint density at radius 2 is 1.91 bits per heavy atom. The number of nitro benzene ring substituents is 1. The van der Waals surface area contributed by atoms with Crippen LogP contribution in [0.25, 0.3) is 0 Å². The van der Waals surface area contributed by atoms with Gasteiger partial charge in [-0.3, -0.25) is 10.1 Å². The molecule has 1 heterocycles. The van der Waals surface area contributed by atoms with Gasteiger partial charge in [0, 0.05) is 19.2 Å². The lowest BCUT2D eigenvalue weighted by Crippen LogP contribution is -2.40.